The molecule has 1 rings (SSSR count). The first-order valence-corrected chi connectivity index (χ1v) is 5.98. The maximum Gasteiger partial charge on any atom is 0.329 e. The topological polar surface area (TPSA) is 89.0 Å². The van der Waals surface area contributed by atoms with Crippen molar-refractivity contribution in [1.29, 1.82) is 0 Å². The minimum absolute atomic E-state index is 0.534. The highest BCUT2D eigenvalue weighted by Gasteiger charge is 2.09. The van der Waals surface area contributed by atoms with Gasteiger partial charge in [-0.05, 0) is 30.7 Å². The fraction of sp³-hybridized carbons (Fsp3) is 0.308. The number of hydrogen-bond acceptors (Lipinski definition) is 5. The zero-order valence-electron chi connectivity index (χ0n) is 11.6. The summed E-state index contributed by atoms with van der Waals surface area (Å²) in [7, 11) is 2.90. The largest absolute Gasteiger partial charge is 0.493 e. The summed E-state index contributed by atoms with van der Waals surface area (Å²) in [6, 6.07) is 5.20. The van der Waals surface area contributed by atoms with Crippen LogP contribution in [0.15, 0.2) is 23.3 Å². The van der Waals surface area contributed by atoms with E-state index in [1.807, 2.05) is 6.92 Å². The summed E-state index contributed by atoms with van der Waals surface area (Å²) >= 11 is 0. The average molecular weight is 279 g/mol. The first kappa shape index (κ1) is 15.5. The standard InChI is InChI=1S/C13H17N3O4/c1-4-20-10-6-5-9(7-11(10)19-3)8-15-16-13(18)12(17)14-2/h5-8H,4H2,1-3H3,(H,14,17)(H,16,18)/b15-8-. The van der Waals surface area contributed by atoms with E-state index in [4.69, 9.17) is 9.47 Å². The number of amides is 2. The molecule has 0 unspecified atom stereocenters. The number of hydrazone groups is 1. The number of hydrogen-bond donors (Lipinski definition) is 2. The summed E-state index contributed by atoms with van der Waals surface area (Å²) in [6.45, 7) is 2.41. The van der Waals surface area contributed by atoms with Gasteiger partial charge in [0.2, 0.25) is 0 Å². The van der Waals surface area contributed by atoms with Crippen LogP contribution in [0.5, 0.6) is 11.5 Å². The van der Waals surface area contributed by atoms with Crippen LogP contribution in [-0.4, -0.2) is 38.8 Å². The van der Waals surface area contributed by atoms with Gasteiger partial charge in [0.05, 0.1) is 19.9 Å². The highest BCUT2D eigenvalue weighted by Crippen LogP contribution is 2.27. The molecule has 0 radical (unpaired) electrons. The van der Waals surface area contributed by atoms with E-state index in [-0.39, 0.29) is 0 Å². The second-order valence-corrected chi connectivity index (χ2v) is 3.62. The lowest BCUT2D eigenvalue weighted by Gasteiger charge is -2.09. The Bertz CT molecular complexity index is 514. The van der Waals surface area contributed by atoms with Crippen LogP contribution in [0.1, 0.15) is 12.5 Å². The summed E-state index contributed by atoms with van der Waals surface area (Å²) in [6.07, 6.45) is 1.40. The number of benzene rings is 1. The molecule has 0 saturated carbocycles. The molecule has 0 aliphatic rings. The highest BCUT2D eigenvalue weighted by atomic mass is 16.5. The molecule has 0 fully saturated rings. The van der Waals surface area contributed by atoms with Crippen molar-refractivity contribution in [2.75, 3.05) is 20.8 Å². The zero-order valence-corrected chi connectivity index (χ0v) is 11.6. The van der Waals surface area contributed by atoms with Crippen molar-refractivity contribution >= 4 is 18.0 Å². The van der Waals surface area contributed by atoms with Crippen LogP contribution in [0.4, 0.5) is 0 Å². The lowest BCUT2D eigenvalue weighted by atomic mass is 10.2. The molecule has 0 atom stereocenters. The average Bonchev–Trinajstić information content (AvgIpc) is 2.47. The van der Waals surface area contributed by atoms with E-state index in [0.29, 0.717) is 23.7 Å². The molecule has 2 N–H and O–H groups in total. The summed E-state index contributed by atoms with van der Waals surface area (Å²) in [5.41, 5.74) is 2.80. The van der Waals surface area contributed by atoms with Crippen molar-refractivity contribution in [2.45, 2.75) is 6.92 Å². The van der Waals surface area contributed by atoms with Crippen molar-refractivity contribution in [3.8, 4) is 11.5 Å². The molecule has 0 aliphatic carbocycles. The minimum Gasteiger partial charge on any atom is -0.493 e. The Balaban J connectivity index is 2.73. The molecule has 0 aliphatic heterocycles. The number of nitrogens with zero attached hydrogens (tertiary/aromatic N) is 1. The van der Waals surface area contributed by atoms with Crippen LogP contribution in [-0.2, 0) is 9.59 Å². The van der Waals surface area contributed by atoms with Gasteiger partial charge < -0.3 is 14.8 Å². The summed E-state index contributed by atoms with van der Waals surface area (Å²) in [5, 5.41) is 5.87. The molecule has 0 heterocycles. The Hall–Kier alpha value is -2.57. The third-order valence-electron chi connectivity index (χ3n) is 2.30. The molecule has 0 aromatic heterocycles. The first-order valence-electron chi connectivity index (χ1n) is 5.98. The molecule has 20 heavy (non-hydrogen) atoms. The van der Waals surface area contributed by atoms with Gasteiger partial charge in [0, 0.05) is 7.05 Å². The van der Waals surface area contributed by atoms with E-state index in [1.165, 1.54) is 20.4 Å². The van der Waals surface area contributed by atoms with Gasteiger partial charge >= 0.3 is 11.8 Å². The first-order chi connectivity index (χ1) is 9.62. The third-order valence-corrected chi connectivity index (χ3v) is 2.30. The van der Waals surface area contributed by atoms with Gasteiger partial charge in [-0.1, -0.05) is 0 Å². The van der Waals surface area contributed by atoms with Crippen LogP contribution in [0.25, 0.3) is 0 Å². The molecule has 108 valence electrons. The Morgan fingerprint density at radius 1 is 1.30 bits per heavy atom. The lowest BCUT2D eigenvalue weighted by Crippen LogP contribution is -2.35. The number of methoxy groups -OCH3 is 1. The van der Waals surface area contributed by atoms with Gasteiger partial charge in [0.1, 0.15) is 0 Å². The van der Waals surface area contributed by atoms with Gasteiger partial charge in [-0.15, -0.1) is 0 Å². The Morgan fingerprint density at radius 3 is 2.65 bits per heavy atom. The Labute approximate surface area is 117 Å². The molecule has 1 aromatic carbocycles. The van der Waals surface area contributed by atoms with E-state index in [1.54, 1.807) is 18.2 Å². The maximum atomic E-state index is 11.1. The quantitative estimate of drug-likeness (QED) is 0.460. The lowest BCUT2D eigenvalue weighted by molar-refractivity contribution is -0.138. The number of rotatable bonds is 5. The van der Waals surface area contributed by atoms with E-state index in [2.05, 4.69) is 15.8 Å². The van der Waals surface area contributed by atoms with E-state index < -0.39 is 11.8 Å². The number of ether oxygens (including phenoxy) is 2. The number of likely N-dealkylation sites (N-methyl/N-ethyl adjacent to an activating group) is 1. The van der Waals surface area contributed by atoms with Crippen LogP contribution >= 0.6 is 0 Å². The van der Waals surface area contributed by atoms with Gasteiger partial charge in [0.25, 0.3) is 0 Å². The fourth-order valence-corrected chi connectivity index (χ4v) is 1.37. The SMILES string of the molecule is CCOc1ccc(/C=N\NC(=O)C(=O)NC)cc1OC. The van der Waals surface area contributed by atoms with Crippen LogP contribution in [0.2, 0.25) is 0 Å². The predicted octanol–water partition coefficient (Wildman–Crippen LogP) is 0.290. The summed E-state index contributed by atoms with van der Waals surface area (Å²) in [5.74, 6) is -0.400. The second kappa shape index (κ2) is 7.78. The Morgan fingerprint density at radius 2 is 2.05 bits per heavy atom. The minimum atomic E-state index is -0.832. The summed E-state index contributed by atoms with van der Waals surface area (Å²) < 4.78 is 10.6. The molecule has 7 nitrogen and oxygen atoms in total. The van der Waals surface area contributed by atoms with Crippen LogP contribution < -0.4 is 20.2 Å². The normalized spacial score (nSPS) is 10.2. The zero-order chi connectivity index (χ0) is 15.0. The molecule has 0 saturated heterocycles. The molecule has 7 heteroatoms. The molecule has 0 bridgehead atoms. The molecule has 1 aromatic rings. The van der Waals surface area contributed by atoms with Crippen LogP contribution in [0.3, 0.4) is 0 Å². The monoisotopic (exact) mass is 279 g/mol. The van der Waals surface area contributed by atoms with Gasteiger partial charge in [-0.2, -0.15) is 5.10 Å². The second-order valence-electron chi connectivity index (χ2n) is 3.62. The van der Waals surface area contributed by atoms with E-state index >= 15 is 0 Å². The van der Waals surface area contributed by atoms with Crippen molar-refractivity contribution in [3.05, 3.63) is 23.8 Å². The molecule has 0 spiro atoms. The van der Waals surface area contributed by atoms with Gasteiger partial charge in [-0.25, -0.2) is 5.43 Å². The number of nitrogens with one attached hydrogen (secondary N) is 2. The van der Waals surface area contributed by atoms with Crippen LogP contribution in [0, 0.1) is 0 Å². The van der Waals surface area contributed by atoms with Crippen molar-refractivity contribution in [2.24, 2.45) is 5.10 Å². The Kier molecular flexibility index (Phi) is 6.02. The summed E-state index contributed by atoms with van der Waals surface area (Å²) in [4.78, 5) is 22.1. The molecular weight excluding hydrogens is 262 g/mol. The number of carbonyl (C=O) groups excluding carboxylic acids is 2. The van der Waals surface area contributed by atoms with Crippen molar-refractivity contribution < 1.29 is 19.1 Å². The van der Waals surface area contributed by atoms with Crippen molar-refractivity contribution in [1.82, 2.24) is 10.7 Å². The fourth-order valence-electron chi connectivity index (χ4n) is 1.37. The van der Waals surface area contributed by atoms with Gasteiger partial charge in [-0.3, -0.25) is 9.59 Å². The molecular formula is C13H17N3O4. The third kappa shape index (κ3) is 4.27. The van der Waals surface area contributed by atoms with E-state index in [9.17, 15) is 9.59 Å². The number of carbonyl (C=O) groups is 2. The van der Waals surface area contributed by atoms with E-state index in [0.717, 1.165) is 0 Å². The highest BCUT2D eigenvalue weighted by molar-refractivity contribution is 6.34. The predicted molar refractivity (Wildman–Crippen MR) is 74.0 cm³/mol. The maximum absolute atomic E-state index is 11.1. The smallest absolute Gasteiger partial charge is 0.329 e. The van der Waals surface area contributed by atoms with Gasteiger partial charge in [0.15, 0.2) is 11.5 Å². The molecule has 2 amide bonds. The van der Waals surface area contributed by atoms with Crippen molar-refractivity contribution in [3.63, 3.8) is 0 Å².